The average molecular weight is 495 g/mol. The van der Waals surface area contributed by atoms with E-state index in [0.29, 0.717) is 32.0 Å². The van der Waals surface area contributed by atoms with Crippen molar-refractivity contribution < 1.29 is 26.3 Å². The summed E-state index contributed by atoms with van der Waals surface area (Å²) in [5.74, 6) is 0.119. The number of ether oxygens (including phenoxy) is 1. The van der Waals surface area contributed by atoms with Crippen LogP contribution < -0.4 is 16.0 Å². The van der Waals surface area contributed by atoms with Crippen molar-refractivity contribution in [1.82, 2.24) is 19.9 Å². The molecule has 180 valence electrons. The largest absolute Gasteiger partial charge is 0.417 e. The molecule has 1 saturated heterocycles. The summed E-state index contributed by atoms with van der Waals surface area (Å²) in [5.41, 5.74) is 4.63. The molecule has 3 aromatic rings. The maximum atomic E-state index is 13.7. The quantitative estimate of drug-likeness (QED) is 0.543. The Morgan fingerprint density at radius 1 is 1.09 bits per heavy atom. The number of rotatable bonds is 5. The fourth-order valence-corrected chi connectivity index (χ4v) is 3.83. The summed E-state index contributed by atoms with van der Waals surface area (Å²) in [4.78, 5) is 18.3. The lowest BCUT2D eigenvalue weighted by Crippen LogP contribution is -2.37. The molecule has 0 bridgehead atoms. The topological polar surface area (TPSA) is 136 Å². The average Bonchev–Trinajstić information content (AvgIpc) is 2.78. The van der Waals surface area contributed by atoms with Crippen LogP contribution in [0.2, 0.25) is 0 Å². The first-order valence-electron chi connectivity index (χ1n) is 9.99. The molecule has 0 atom stereocenters. The van der Waals surface area contributed by atoms with E-state index >= 15 is 0 Å². The van der Waals surface area contributed by atoms with Crippen LogP contribution in [0.1, 0.15) is 5.56 Å². The number of anilines is 4. The molecular weight excluding hydrogens is 475 g/mol. The van der Waals surface area contributed by atoms with E-state index < -0.39 is 21.6 Å². The zero-order valence-electron chi connectivity index (χ0n) is 17.9. The first kappa shape index (κ1) is 23.6. The first-order chi connectivity index (χ1) is 16.0. The third kappa shape index (κ3) is 5.34. The highest BCUT2D eigenvalue weighted by Crippen LogP contribution is 2.38. The smallest absolute Gasteiger partial charge is 0.384 e. The molecule has 4 rings (SSSR count). The number of nitrogens with one attached hydrogen (secondary N) is 1. The van der Waals surface area contributed by atoms with Crippen LogP contribution in [0.4, 0.5) is 36.4 Å². The molecule has 1 aliphatic heterocycles. The van der Waals surface area contributed by atoms with Gasteiger partial charge < -0.3 is 20.7 Å². The van der Waals surface area contributed by atoms with Crippen molar-refractivity contribution in [3.05, 3.63) is 42.2 Å². The van der Waals surface area contributed by atoms with Crippen molar-refractivity contribution in [2.75, 3.05) is 48.5 Å². The molecule has 14 heteroatoms. The van der Waals surface area contributed by atoms with E-state index in [1.807, 2.05) is 0 Å². The number of sulfone groups is 1. The fraction of sp³-hybridized carbons (Fsp3) is 0.300. The Labute approximate surface area is 192 Å². The van der Waals surface area contributed by atoms with Crippen molar-refractivity contribution in [2.45, 2.75) is 11.2 Å². The lowest BCUT2D eigenvalue weighted by atomic mass is 10.1. The fourth-order valence-electron chi connectivity index (χ4n) is 3.27. The van der Waals surface area contributed by atoms with E-state index in [0.717, 1.165) is 18.5 Å². The molecule has 3 aromatic heterocycles. The standard InChI is InChI=1S/C20H20F3N7O3S/c1-34(31,32)18-3-2-12(10-26-18)27-17-9-15(28-19(29-17)30-4-6-33-7-5-30)13-11-25-16(24)8-14(13)20(21,22)23/h2-3,8-11H,4-7H2,1H3,(H2,24,25)(H,27,28,29). The van der Waals surface area contributed by atoms with Crippen LogP contribution in [0.15, 0.2) is 41.7 Å². The van der Waals surface area contributed by atoms with Crippen molar-refractivity contribution in [2.24, 2.45) is 0 Å². The molecule has 0 amide bonds. The Morgan fingerprint density at radius 3 is 2.44 bits per heavy atom. The SMILES string of the molecule is CS(=O)(=O)c1ccc(Nc2cc(-c3cnc(N)cc3C(F)(F)F)nc(N3CCOCC3)n2)cn1. The lowest BCUT2D eigenvalue weighted by molar-refractivity contribution is -0.137. The molecule has 4 heterocycles. The van der Waals surface area contributed by atoms with Gasteiger partial charge in [-0.1, -0.05) is 0 Å². The number of nitrogen functional groups attached to an aromatic ring is 1. The van der Waals surface area contributed by atoms with E-state index in [-0.39, 0.29) is 33.9 Å². The number of pyridine rings is 2. The monoisotopic (exact) mass is 495 g/mol. The van der Waals surface area contributed by atoms with Crippen LogP contribution >= 0.6 is 0 Å². The van der Waals surface area contributed by atoms with Gasteiger partial charge in [-0.3, -0.25) is 0 Å². The second-order valence-electron chi connectivity index (χ2n) is 7.47. The Balaban J connectivity index is 1.78. The number of alkyl halides is 3. The number of aromatic nitrogens is 4. The number of morpholine rings is 1. The zero-order valence-corrected chi connectivity index (χ0v) is 18.7. The van der Waals surface area contributed by atoms with E-state index in [1.54, 1.807) is 4.90 Å². The third-order valence-electron chi connectivity index (χ3n) is 4.90. The second kappa shape index (κ2) is 9.02. The highest BCUT2D eigenvalue weighted by atomic mass is 32.2. The summed E-state index contributed by atoms with van der Waals surface area (Å²) in [6, 6.07) is 4.89. The van der Waals surface area contributed by atoms with E-state index in [9.17, 15) is 21.6 Å². The van der Waals surface area contributed by atoms with Crippen molar-refractivity contribution in [3.63, 3.8) is 0 Å². The van der Waals surface area contributed by atoms with Crippen LogP contribution in [-0.4, -0.2) is 60.9 Å². The molecule has 0 radical (unpaired) electrons. The number of nitrogens with zero attached hydrogens (tertiary/aromatic N) is 5. The summed E-state index contributed by atoms with van der Waals surface area (Å²) in [6.07, 6.45) is -1.34. The van der Waals surface area contributed by atoms with Gasteiger partial charge in [-0.25, -0.2) is 23.4 Å². The minimum absolute atomic E-state index is 0.0143. The predicted octanol–water partition coefficient (Wildman–Crippen LogP) is 2.52. The van der Waals surface area contributed by atoms with Crippen molar-refractivity contribution >= 4 is 33.1 Å². The number of hydrogen-bond acceptors (Lipinski definition) is 10. The molecule has 10 nitrogen and oxygen atoms in total. The molecule has 0 spiro atoms. The minimum Gasteiger partial charge on any atom is -0.384 e. The second-order valence-corrected chi connectivity index (χ2v) is 9.44. The minimum atomic E-state index is -4.69. The summed E-state index contributed by atoms with van der Waals surface area (Å²) in [6.45, 7) is 1.76. The molecule has 1 aliphatic rings. The molecular formula is C20H20F3N7O3S. The summed E-state index contributed by atoms with van der Waals surface area (Å²) in [5, 5.41) is 2.84. The number of halogens is 3. The Morgan fingerprint density at radius 2 is 1.82 bits per heavy atom. The van der Waals surface area contributed by atoms with E-state index in [4.69, 9.17) is 10.5 Å². The van der Waals surface area contributed by atoms with E-state index in [2.05, 4.69) is 25.3 Å². The van der Waals surface area contributed by atoms with Crippen LogP contribution in [0.25, 0.3) is 11.3 Å². The van der Waals surface area contributed by atoms with Crippen LogP contribution in [0, 0.1) is 0 Å². The van der Waals surface area contributed by atoms with Crippen LogP contribution in [0.3, 0.4) is 0 Å². The Hall–Kier alpha value is -3.52. The molecule has 0 aliphatic carbocycles. The number of hydrogen-bond donors (Lipinski definition) is 2. The van der Waals surface area contributed by atoms with Gasteiger partial charge in [-0.15, -0.1) is 0 Å². The molecule has 3 N–H and O–H groups in total. The molecule has 0 saturated carbocycles. The molecule has 1 fully saturated rings. The van der Waals surface area contributed by atoms with E-state index in [1.165, 1.54) is 24.4 Å². The van der Waals surface area contributed by atoms with Gasteiger partial charge in [-0.05, 0) is 18.2 Å². The zero-order chi connectivity index (χ0) is 24.5. The predicted molar refractivity (Wildman–Crippen MR) is 118 cm³/mol. The maximum absolute atomic E-state index is 13.7. The van der Waals surface area contributed by atoms with Gasteiger partial charge >= 0.3 is 6.18 Å². The maximum Gasteiger partial charge on any atom is 0.417 e. The van der Waals surface area contributed by atoms with Crippen LogP contribution in [0.5, 0.6) is 0 Å². The number of nitrogens with two attached hydrogens (primary N) is 1. The highest BCUT2D eigenvalue weighted by molar-refractivity contribution is 7.90. The summed E-state index contributed by atoms with van der Waals surface area (Å²) < 4.78 is 69.8. The highest BCUT2D eigenvalue weighted by Gasteiger charge is 2.35. The van der Waals surface area contributed by atoms with Gasteiger partial charge in [0.05, 0.1) is 36.4 Å². The first-order valence-corrected chi connectivity index (χ1v) is 11.9. The van der Waals surface area contributed by atoms with Crippen molar-refractivity contribution in [3.8, 4) is 11.3 Å². The Bertz CT molecular complexity index is 1300. The lowest BCUT2D eigenvalue weighted by Gasteiger charge is -2.27. The third-order valence-corrected chi connectivity index (χ3v) is 5.90. The molecule has 34 heavy (non-hydrogen) atoms. The Kier molecular flexibility index (Phi) is 6.27. The van der Waals surface area contributed by atoms with Gasteiger partial charge in [0.1, 0.15) is 11.6 Å². The van der Waals surface area contributed by atoms with Gasteiger partial charge in [0.2, 0.25) is 5.95 Å². The van der Waals surface area contributed by atoms with Crippen LogP contribution in [-0.2, 0) is 20.8 Å². The summed E-state index contributed by atoms with van der Waals surface area (Å²) >= 11 is 0. The van der Waals surface area contributed by atoms with Gasteiger partial charge in [0.15, 0.2) is 14.9 Å². The molecule has 0 unspecified atom stereocenters. The van der Waals surface area contributed by atoms with Gasteiger partial charge in [-0.2, -0.15) is 18.2 Å². The van der Waals surface area contributed by atoms with Crippen molar-refractivity contribution in [1.29, 1.82) is 0 Å². The summed E-state index contributed by atoms with van der Waals surface area (Å²) in [7, 11) is -3.49. The van der Waals surface area contributed by atoms with Gasteiger partial charge in [0, 0.05) is 37.2 Å². The normalized spacial score (nSPS) is 14.8. The van der Waals surface area contributed by atoms with Gasteiger partial charge in [0.25, 0.3) is 0 Å². The molecule has 0 aromatic carbocycles.